The van der Waals surface area contributed by atoms with E-state index in [2.05, 4.69) is 20.9 Å². The van der Waals surface area contributed by atoms with Crippen LogP contribution in [0.15, 0.2) is 66.3 Å². The Morgan fingerprint density at radius 1 is 0.971 bits per heavy atom. The number of nitrogens with zero attached hydrogens (tertiary/aromatic N) is 1. The van der Waals surface area contributed by atoms with E-state index in [1.54, 1.807) is 56.7 Å². The van der Waals surface area contributed by atoms with Gasteiger partial charge in [-0.15, -0.1) is 11.3 Å². The van der Waals surface area contributed by atoms with Crippen LogP contribution in [0.25, 0.3) is 0 Å². The summed E-state index contributed by atoms with van der Waals surface area (Å²) in [6.07, 6.45) is 0.585. The highest BCUT2D eigenvalue weighted by Gasteiger charge is 2.25. The van der Waals surface area contributed by atoms with Gasteiger partial charge < -0.3 is 20.1 Å². The number of carbonyl (C=O) groups excluding carboxylic acids is 3. The van der Waals surface area contributed by atoms with Gasteiger partial charge in [0.05, 0.1) is 10.4 Å². The summed E-state index contributed by atoms with van der Waals surface area (Å²) in [5.41, 5.74) is 2.72. The molecule has 1 heterocycles. The molecule has 0 aliphatic rings. The van der Waals surface area contributed by atoms with Crippen molar-refractivity contribution in [3.63, 3.8) is 0 Å². The van der Waals surface area contributed by atoms with Crippen molar-refractivity contribution in [1.29, 1.82) is 0 Å². The van der Waals surface area contributed by atoms with Gasteiger partial charge in [-0.2, -0.15) is 0 Å². The molecule has 35 heavy (non-hydrogen) atoms. The summed E-state index contributed by atoms with van der Waals surface area (Å²) in [6, 6.07) is 15.1. The highest BCUT2D eigenvalue weighted by molar-refractivity contribution is 7.09. The van der Waals surface area contributed by atoms with Crippen LogP contribution in [-0.4, -0.2) is 34.7 Å². The van der Waals surface area contributed by atoms with Gasteiger partial charge in [0.15, 0.2) is 0 Å². The van der Waals surface area contributed by atoms with Gasteiger partial charge in [0.1, 0.15) is 18.2 Å². The monoisotopic (exact) mass is 496 g/mol. The quantitative estimate of drug-likeness (QED) is 0.405. The number of thiazole rings is 1. The smallest absolute Gasteiger partial charge is 0.411 e. The first kappa shape index (κ1) is 25.7. The number of ether oxygens (including phenoxy) is 2. The Bertz CT molecular complexity index is 1130. The second-order valence-electron chi connectivity index (χ2n) is 8.63. The minimum absolute atomic E-state index is 0.116. The molecule has 0 aliphatic carbocycles. The Morgan fingerprint density at radius 3 is 2.34 bits per heavy atom. The lowest BCUT2D eigenvalue weighted by atomic mass is 10.1. The predicted octanol–water partition coefficient (Wildman–Crippen LogP) is 4.97. The molecule has 3 rings (SSSR count). The molecule has 1 aromatic heterocycles. The zero-order valence-corrected chi connectivity index (χ0v) is 20.6. The highest BCUT2D eigenvalue weighted by Crippen LogP contribution is 2.17. The Balaban J connectivity index is 1.64. The minimum atomic E-state index is -0.881. The average molecular weight is 497 g/mol. The van der Waals surface area contributed by atoms with Crippen LogP contribution in [0, 0.1) is 0 Å². The maximum atomic E-state index is 13.1. The molecule has 3 aromatic rings. The van der Waals surface area contributed by atoms with Crippen LogP contribution in [0.5, 0.6) is 0 Å². The van der Waals surface area contributed by atoms with E-state index in [4.69, 9.17) is 9.47 Å². The fourth-order valence-corrected chi connectivity index (χ4v) is 3.52. The lowest BCUT2D eigenvalue weighted by Gasteiger charge is -2.23. The molecule has 184 valence electrons. The van der Waals surface area contributed by atoms with Gasteiger partial charge in [0.25, 0.3) is 0 Å². The van der Waals surface area contributed by atoms with E-state index in [0.29, 0.717) is 11.4 Å². The average Bonchev–Trinajstić information content (AvgIpc) is 3.31. The minimum Gasteiger partial charge on any atom is -0.444 e. The van der Waals surface area contributed by atoms with Crippen molar-refractivity contribution < 1.29 is 23.9 Å². The maximum absolute atomic E-state index is 13.1. The van der Waals surface area contributed by atoms with Gasteiger partial charge in [0.2, 0.25) is 5.91 Å². The van der Waals surface area contributed by atoms with Crippen LogP contribution in [0.4, 0.5) is 21.0 Å². The van der Waals surface area contributed by atoms with Gasteiger partial charge in [-0.3, -0.25) is 15.1 Å². The SMILES string of the molecule is CC(C)(C)OC(=O)NC(Cc1ccccc1)C(=O)Nc1cccc(NC(=O)OCc2cncs2)c1. The van der Waals surface area contributed by atoms with Crippen LogP contribution in [-0.2, 0) is 27.3 Å². The first-order valence-corrected chi connectivity index (χ1v) is 11.8. The second-order valence-corrected chi connectivity index (χ2v) is 9.60. The van der Waals surface area contributed by atoms with E-state index < -0.39 is 29.7 Å². The van der Waals surface area contributed by atoms with E-state index in [1.807, 2.05) is 30.3 Å². The summed E-state index contributed by atoms with van der Waals surface area (Å²) >= 11 is 1.39. The number of amides is 3. The number of benzene rings is 2. The zero-order valence-electron chi connectivity index (χ0n) is 19.7. The van der Waals surface area contributed by atoms with Crippen molar-refractivity contribution in [3.05, 3.63) is 76.7 Å². The van der Waals surface area contributed by atoms with Crippen LogP contribution in [0.2, 0.25) is 0 Å². The molecule has 0 spiro atoms. The maximum Gasteiger partial charge on any atom is 0.411 e. The summed E-state index contributed by atoms with van der Waals surface area (Å²) in [5, 5.41) is 8.07. The van der Waals surface area contributed by atoms with Crippen LogP contribution in [0.1, 0.15) is 31.2 Å². The molecule has 10 heteroatoms. The fourth-order valence-electron chi connectivity index (χ4n) is 3.02. The number of aromatic nitrogens is 1. The second kappa shape index (κ2) is 12.0. The molecular weight excluding hydrogens is 468 g/mol. The van der Waals surface area contributed by atoms with E-state index in [1.165, 1.54) is 11.3 Å². The number of alkyl carbamates (subject to hydrolysis) is 1. The number of carbonyl (C=O) groups is 3. The zero-order chi connectivity index (χ0) is 25.3. The normalized spacial score (nSPS) is 11.7. The summed E-state index contributed by atoms with van der Waals surface area (Å²) in [5.74, 6) is -0.426. The van der Waals surface area contributed by atoms with Crippen LogP contribution >= 0.6 is 11.3 Å². The summed E-state index contributed by atoms with van der Waals surface area (Å²) in [7, 11) is 0. The third-order valence-corrected chi connectivity index (χ3v) is 5.25. The number of nitrogens with one attached hydrogen (secondary N) is 3. The Hall–Kier alpha value is -3.92. The number of hydrogen-bond donors (Lipinski definition) is 3. The fraction of sp³-hybridized carbons (Fsp3) is 0.280. The van der Waals surface area contributed by atoms with Gasteiger partial charge in [-0.1, -0.05) is 36.4 Å². The summed E-state index contributed by atoms with van der Waals surface area (Å²) < 4.78 is 10.5. The Morgan fingerprint density at radius 2 is 1.69 bits per heavy atom. The molecule has 0 saturated heterocycles. The molecule has 0 radical (unpaired) electrons. The molecular formula is C25H28N4O5S. The molecule has 0 saturated carbocycles. The number of anilines is 2. The van der Waals surface area contributed by atoms with Crippen molar-refractivity contribution in [2.24, 2.45) is 0 Å². The molecule has 3 amide bonds. The molecule has 2 aromatic carbocycles. The third-order valence-electron chi connectivity index (χ3n) is 4.50. The lowest BCUT2D eigenvalue weighted by Crippen LogP contribution is -2.47. The number of hydrogen-bond acceptors (Lipinski definition) is 7. The van der Waals surface area contributed by atoms with E-state index >= 15 is 0 Å². The molecule has 1 atom stereocenters. The predicted molar refractivity (Wildman–Crippen MR) is 134 cm³/mol. The summed E-state index contributed by atoms with van der Waals surface area (Å²) in [6.45, 7) is 5.36. The van der Waals surface area contributed by atoms with E-state index in [0.717, 1.165) is 10.4 Å². The van der Waals surface area contributed by atoms with Crippen molar-refractivity contribution in [3.8, 4) is 0 Å². The van der Waals surface area contributed by atoms with Crippen molar-refractivity contribution in [2.75, 3.05) is 10.6 Å². The first-order chi connectivity index (χ1) is 16.7. The Kier molecular flexibility index (Phi) is 8.80. The number of rotatable bonds is 8. The van der Waals surface area contributed by atoms with Gasteiger partial charge in [-0.25, -0.2) is 9.59 Å². The molecule has 3 N–H and O–H groups in total. The lowest BCUT2D eigenvalue weighted by molar-refractivity contribution is -0.118. The molecule has 0 fully saturated rings. The first-order valence-electron chi connectivity index (χ1n) is 10.9. The standard InChI is InChI=1S/C25H28N4O5S/c1-25(2,3)34-24(32)29-21(12-17-8-5-4-6-9-17)22(30)27-18-10-7-11-19(13-18)28-23(31)33-15-20-14-26-16-35-20/h4-11,13-14,16,21H,12,15H2,1-3H3,(H,27,30)(H,28,31)(H,29,32). The van der Waals surface area contributed by atoms with Crippen molar-refractivity contribution in [2.45, 2.75) is 45.4 Å². The molecule has 9 nitrogen and oxygen atoms in total. The highest BCUT2D eigenvalue weighted by atomic mass is 32.1. The van der Waals surface area contributed by atoms with Crippen LogP contribution in [0.3, 0.4) is 0 Å². The van der Waals surface area contributed by atoms with Gasteiger partial charge in [0, 0.05) is 24.0 Å². The largest absolute Gasteiger partial charge is 0.444 e. The van der Waals surface area contributed by atoms with E-state index in [-0.39, 0.29) is 13.0 Å². The molecule has 1 unspecified atom stereocenters. The van der Waals surface area contributed by atoms with E-state index in [9.17, 15) is 14.4 Å². The third kappa shape index (κ3) is 9.09. The molecule has 0 bridgehead atoms. The van der Waals surface area contributed by atoms with Crippen LogP contribution < -0.4 is 16.0 Å². The van der Waals surface area contributed by atoms with Crippen molar-refractivity contribution >= 4 is 40.8 Å². The Labute approximate surface area is 207 Å². The van der Waals surface area contributed by atoms with Gasteiger partial charge >= 0.3 is 12.2 Å². The molecule has 0 aliphatic heterocycles. The van der Waals surface area contributed by atoms with Crippen molar-refractivity contribution in [1.82, 2.24) is 10.3 Å². The van der Waals surface area contributed by atoms with Gasteiger partial charge in [-0.05, 0) is 44.5 Å². The summed E-state index contributed by atoms with van der Waals surface area (Å²) in [4.78, 5) is 42.3. The topological polar surface area (TPSA) is 119 Å².